The van der Waals surface area contributed by atoms with Gasteiger partial charge in [0.1, 0.15) is 0 Å². The molecule has 0 fully saturated rings. The van der Waals surface area contributed by atoms with Crippen molar-refractivity contribution in [1.29, 1.82) is 0 Å². The van der Waals surface area contributed by atoms with Crippen LogP contribution < -0.4 is 0 Å². The van der Waals surface area contributed by atoms with Gasteiger partial charge in [0.2, 0.25) is 0 Å². The molecule has 2 heteroatoms. The summed E-state index contributed by atoms with van der Waals surface area (Å²) in [6.07, 6.45) is 3.98. The van der Waals surface area contributed by atoms with Gasteiger partial charge in [0.15, 0.2) is 0 Å². The molecule has 0 spiro atoms. The minimum atomic E-state index is 0.0766. The Morgan fingerprint density at radius 2 is 2.07 bits per heavy atom. The number of hydrogen-bond donors (Lipinski definition) is 1. The van der Waals surface area contributed by atoms with Gasteiger partial charge in [-0.3, -0.25) is 0 Å². The lowest BCUT2D eigenvalue weighted by atomic mass is 9.89. The molecule has 0 saturated carbocycles. The fourth-order valence-corrected chi connectivity index (χ4v) is 1.48. The monoisotopic (exact) mass is 198 g/mol. The highest BCUT2D eigenvalue weighted by molar-refractivity contribution is 5.03. The molecule has 14 heavy (non-hydrogen) atoms. The minimum Gasteiger partial charge on any atom is -0.392 e. The Labute approximate surface area is 87.3 Å². The van der Waals surface area contributed by atoms with E-state index in [0.717, 1.165) is 5.57 Å². The molecule has 0 rings (SSSR count). The molecule has 0 aliphatic rings. The van der Waals surface area contributed by atoms with Crippen molar-refractivity contribution in [3.8, 4) is 0 Å². The quantitative estimate of drug-likeness (QED) is 0.664. The molecule has 0 aromatic rings. The van der Waals surface area contributed by atoms with Gasteiger partial charge in [-0.25, -0.2) is 0 Å². The van der Waals surface area contributed by atoms with Crippen molar-refractivity contribution >= 4 is 0 Å². The molecule has 0 heterocycles. The molecule has 0 aromatic heterocycles. The molecule has 82 valence electrons. The van der Waals surface area contributed by atoms with Gasteiger partial charge in [-0.1, -0.05) is 31.6 Å². The highest BCUT2D eigenvalue weighted by Gasteiger charge is 2.18. The Balaban J connectivity index is 4.36. The molecule has 0 unspecified atom stereocenters. The summed E-state index contributed by atoms with van der Waals surface area (Å²) >= 11 is 0. The average molecular weight is 198 g/mol. The second-order valence-corrected chi connectivity index (χ2v) is 3.83. The highest BCUT2D eigenvalue weighted by atomic mass is 16.5. The van der Waals surface area contributed by atoms with E-state index in [1.807, 2.05) is 13.0 Å². The van der Waals surface area contributed by atoms with Crippen molar-refractivity contribution in [2.45, 2.75) is 26.9 Å². The van der Waals surface area contributed by atoms with Crippen LogP contribution in [0, 0.1) is 11.8 Å². The van der Waals surface area contributed by atoms with E-state index >= 15 is 0 Å². The number of allylic oxidation sites excluding steroid dienone is 1. The third-order valence-electron chi connectivity index (χ3n) is 2.65. The summed E-state index contributed by atoms with van der Waals surface area (Å²) in [5.74, 6) is 0.754. The van der Waals surface area contributed by atoms with Crippen LogP contribution in [-0.2, 0) is 4.74 Å². The summed E-state index contributed by atoms with van der Waals surface area (Å²) < 4.78 is 5.29. The zero-order valence-electron chi connectivity index (χ0n) is 9.66. The van der Waals surface area contributed by atoms with E-state index in [9.17, 15) is 0 Å². The molecular weight excluding hydrogens is 176 g/mol. The molecule has 1 N–H and O–H groups in total. The zero-order valence-corrected chi connectivity index (χ0v) is 9.66. The van der Waals surface area contributed by atoms with Gasteiger partial charge in [0.05, 0.1) is 12.7 Å². The topological polar surface area (TPSA) is 29.5 Å². The van der Waals surface area contributed by atoms with Crippen molar-refractivity contribution in [2.75, 3.05) is 13.7 Å². The predicted molar refractivity (Wildman–Crippen MR) is 60.2 cm³/mol. The Kier molecular flexibility index (Phi) is 6.50. The standard InChI is InChI=1S/C12H22O2/c1-6-12(14-5)11(4)10(3)7-9(2)8-13/h6-7,10-13H,1,8H2,2-5H3/b9-7-/t10-,11+,12+/m1/s1. The van der Waals surface area contributed by atoms with Crippen LogP contribution in [0.25, 0.3) is 0 Å². The Bertz CT molecular complexity index is 196. The molecule has 0 saturated heterocycles. The third-order valence-corrected chi connectivity index (χ3v) is 2.65. The lowest BCUT2D eigenvalue weighted by molar-refractivity contribution is 0.0824. The van der Waals surface area contributed by atoms with Gasteiger partial charge in [0.25, 0.3) is 0 Å². The van der Waals surface area contributed by atoms with Crippen molar-refractivity contribution in [2.24, 2.45) is 11.8 Å². The fourth-order valence-electron chi connectivity index (χ4n) is 1.48. The van der Waals surface area contributed by atoms with Crippen LogP contribution >= 0.6 is 0 Å². The number of methoxy groups -OCH3 is 1. The second-order valence-electron chi connectivity index (χ2n) is 3.83. The van der Waals surface area contributed by atoms with E-state index in [4.69, 9.17) is 9.84 Å². The van der Waals surface area contributed by atoms with Crippen LogP contribution in [-0.4, -0.2) is 24.9 Å². The first kappa shape index (κ1) is 13.4. The summed E-state index contributed by atoms with van der Waals surface area (Å²) in [5, 5.41) is 8.90. The molecule has 0 aliphatic heterocycles. The summed E-state index contributed by atoms with van der Waals surface area (Å²) in [6, 6.07) is 0. The van der Waals surface area contributed by atoms with Crippen molar-refractivity contribution in [3.05, 3.63) is 24.3 Å². The SMILES string of the molecule is C=C[C@H](OC)[C@@H](C)[C@H](C)/C=C(/C)CO. The minimum absolute atomic E-state index is 0.0766. The second kappa shape index (κ2) is 6.80. The maximum Gasteiger partial charge on any atom is 0.0780 e. The van der Waals surface area contributed by atoms with Crippen LogP contribution in [0.1, 0.15) is 20.8 Å². The van der Waals surface area contributed by atoms with Crippen LogP contribution in [0.2, 0.25) is 0 Å². The molecule has 0 aliphatic carbocycles. The Morgan fingerprint density at radius 1 is 1.50 bits per heavy atom. The van der Waals surface area contributed by atoms with E-state index in [0.29, 0.717) is 11.8 Å². The number of hydrogen-bond acceptors (Lipinski definition) is 2. The van der Waals surface area contributed by atoms with Gasteiger partial charge in [0, 0.05) is 7.11 Å². The van der Waals surface area contributed by atoms with Gasteiger partial charge in [-0.05, 0) is 18.8 Å². The molecular formula is C12H22O2. The summed E-state index contributed by atoms with van der Waals surface area (Å²) in [6.45, 7) is 10.0. The number of rotatable bonds is 6. The average Bonchev–Trinajstić information content (AvgIpc) is 2.19. The predicted octanol–water partition coefficient (Wildman–Crippen LogP) is 2.40. The molecule has 0 radical (unpaired) electrons. The maximum atomic E-state index is 8.90. The molecule has 3 atom stereocenters. The van der Waals surface area contributed by atoms with E-state index in [1.54, 1.807) is 7.11 Å². The first-order valence-electron chi connectivity index (χ1n) is 5.00. The summed E-state index contributed by atoms with van der Waals surface area (Å²) in [7, 11) is 1.69. The number of ether oxygens (including phenoxy) is 1. The van der Waals surface area contributed by atoms with E-state index < -0.39 is 0 Å². The first-order valence-corrected chi connectivity index (χ1v) is 5.00. The van der Waals surface area contributed by atoms with Crippen molar-refractivity contribution in [1.82, 2.24) is 0 Å². The van der Waals surface area contributed by atoms with Crippen LogP contribution in [0.4, 0.5) is 0 Å². The van der Waals surface area contributed by atoms with Crippen LogP contribution in [0.15, 0.2) is 24.3 Å². The lowest BCUT2D eigenvalue weighted by Crippen LogP contribution is -2.23. The van der Waals surface area contributed by atoms with Gasteiger partial charge >= 0.3 is 0 Å². The first-order chi connectivity index (χ1) is 6.56. The van der Waals surface area contributed by atoms with Crippen molar-refractivity contribution < 1.29 is 9.84 Å². The number of aliphatic hydroxyl groups is 1. The smallest absolute Gasteiger partial charge is 0.0780 e. The van der Waals surface area contributed by atoms with Crippen LogP contribution in [0.5, 0.6) is 0 Å². The van der Waals surface area contributed by atoms with Crippen LogP contribution in [0.3, 0.4) is 0 Å². The summed E-state index contributed by atoms with van der Waals surface area (Å²) in [4.78, 5) is 0. The summed E-state index contributed by atoms with van der Waals surface area (Å²) in [5.41, 5.74) is 1.00. The normalized spacial score (nSPS) is 18.8. The zero-order chi connectivity index (χ0) is 11.1. The third kappa shape index (κ3) is 4.07. The Hall–Kier alpha value is -0.600. The molecule has 0 aromatic carbocycles. The van der Waals surface area contributed by atoms with Gasteiger partial charge in [-0.15, -0.1) is 6.58 Å². The van der Waals surface area contributed by atoms with Gasteiger partial charge < -0.3 is 9.84 Å². The Morgan fingerprint density at radius 3 is 2.43 bits per heavy atom. The molecule has 2 nitrogen and oxygen atoms in total. The van der Waals surface area contributed by atoms with Crippen molar-refractivity contribution in [3.63, 3.8) is 0 Å². The maximum absolute atomic E-state index is 8.90. The fraction of sp³-hybridized carbons (Fsp3) is 0.667. The lowest BCUT2D eigenvalue weighted by Gasteiger charge is -2.23. The van der Waals surface area contributed by atoms with Gasteiger partial charge in [-0.2, -0.15) is 0 Å². The van der Waals surface area contributed by atoms with E-state index in [2.05, 4.69) is 26.5 Å². The van der Waals surface area contributed by atoms with E-state index in [1.165, 1.54) is 0 Å². The largest absolute Gasteiger partial charge is 0.392 e. The molecule has 0 bridgehead atoms. The number of aliphatic hydroxyl groups excluding tert-OH is 1. The highest BCUT2D eigenvalue weighted by Crippen LogP contribution is 2.20. The van der Waals surface area contributed by atoms with E-state index in [-0.39, 0.29) is 12.7 Å². The molecule has 0 amide bonds.